The topological polar surface area (TPSA) is 178 Å². The maximum atomic E-state index is 16.7. The standard InChI is InChI=1S/C50H58F2N8O6/c1-25(2)41(53-23-40(61)65-5)47(63)60-31-11-7-30(17-31)43(60)45-55-36-14-10-28(20-37(36)56-45)27-8-12-32-33-13-9-29(19-35(33)50(51,52)34(32)18-27)38-22-54-44(57-38)39-21-49(15-16-49)24-59(39)46(62)42(26(3)4)58-48(64)66-6/h8-10,12-14,18-20,22,25-26,30-31,39,41-43,47,53,63H,7,11,15-17,21,23-24H2,1-6H3,(H,54,57)(H,55,56)(H,58,64)/t30?,31?,39?,41?,42-,43?,47?/m0/s1. The first-order chi connectivity index (χ1) is 31.6. The third kappa shape index (κ3) is 7.54. The van der Waals surface area contributed by atoms with Crippen molar-refractivity contribution >= 4 is 29.0 Å². The maximum absolute atomic E-state index is 16.7. The van der Waals surface area contributed by atoms with Gasteiger partial charge < -0.3 is 40.1 Å². The lowest BCUT2D eigenvalue weighted by atomic mass is 9.95. The number of esters is 1. The summed E-state index contributed by atoms with van der Waals surface area (Å²) in [6, 6.07) is 14.6. The number of hydrogen-bond acceptors (Lipinski definition) is 10. The Morgan fingerprint density at radius 2 is 1.59 bits per heavy atom. The molecule has 5 aromatic rings. The van der Waals surface area contributed by atoms with Crippen molar-refractivity contribution in [2.24, 2.45) is 23.2 Å². The molecule has 2 aromatic heterocycles. The summed E-state index contributed by atoms with van der Waals surface area (Å²) < 4.78 is 43.1. The van der Waals surface area contributed by atoms with Gasteiger partial charge in [-0.15, -0.1) is 0 Å². The minimum absolute atomic E-state index is 0.00401. The van der Waals surface area contributed by atoms with Crippen LogP contribution in [0.2, 0.25) is 0 Å². The van der Waals surface area contributed by atoms with Gasteiger partial charge >= 0.3 is 12.1 Å². The van der Waals surface area contributed by atoms with E-state index in [1.165, 1.54) is 20.3 Å². The zero-order valence-corrected chi connectivity index (χ0v) is 38.2. The maximum Gasteiger partial charge on any atom is 0.407 e. The average Bonchev–Trinajstić information content (AvgIpc) is 3.96. The lowest BCUT2D eigenvalue weighted by molar-refractivity contribution is -0.140. The van der Waals surface area contributed by atoms with Crippen LogP contribution in [0, 0.1) is 23.2 Å². The first-order valence-corrected chi connectivity index (χ1v) is 23.2. The molecule has 4 heterocycles. The molecule has 3 aliphatic carbocycles. The number of hydrogen-bond donors (Lipinski definition) is 5. The van der Waals surface area contributed by atoms with Crippen molar-refractivity contribution in [2.75, 3.05) is 27.3 Å². The summed E-state index contributed by atoms with van der Waals surface area (Å²) in [6.45, 7) is 8.34. The van der Waals surface area contributed by atoms with E-state index in [1.807, 2.05) is 58.0 Å². The van der Waals surface area contributed by atoms with Gasteiger partial charge in [0.15, 0.2) is 0 Å². The second kappa shape index (κ2) is 16.6. The number of alkyl carbamates (subject to hydrolysis) is 1. The van der Waals surface area contributed by atoms with Gasteiger partial charge in [-0.1, -0.05) is 58.0 Å². The van der Waals surface area contributed by atoms with Crippen LogP contribution in [0.25, 0.3) is 44.5 Å². The number of piperidine rings is 1. The molecule has 6 unspecified atom stereocenters. The third-order valence-corrected chi connectivity index (χ3v) is 15.2. The van der Waals surface area contributed by atoms with Gasteiger partial charge in [-0.05, 0) is 108 Å². The van der Waals surface area contributed by atoms with E-state index in [1.54, 1.807) is 29.3 Å². The second-order valence-corrected chi connectivity index (χ2v) is 19.9. The Labute approximate surface area is 382 Å². The number of aromatic amines is 2. The molecule has 2 bridgehead atoms. The van der Waals surface area contributed by atoms with E-state index in [4.69, 9.17) is 19.4 Å². The third-order valence-electron chi connectivity index (χ3n) is 15.2. The van der Waals surface area contributed by atoms with E-state index >= 15 is 8.78 Å². The molecule has 2 saturated heterocycles. The molecule has 1 spiro atoms. The van der Waals surface area contributed by atoms with Crippen LogP contribution < -0.4 is 10.6 Å². The Morgan fingerprint density at radius 1 is 0.894 bits per heavy atom. The summed E-state index contributed by atoms with van der Waals surface area (Å²) in [7, 11) is 2.61. The fourth-order valence-electron chi connectivity index (χ4n) is 11.4. The number of benzene rings is 3. The molecule has 10 rings (SSSR count). The minimum Gasteiger partial charge on any atom is -0.468 e. The van der Waals surface area contributed by atoms with Crippen LogP contribution in [-0.2, 0) is 25.0 Å². The first kappa shape index (κ1) is 44.1. The average molecular weight is 905 g/mol. The molecule has 4 fully saturated rings. The number of ether oxygens (including phenoxy) is 2. The predicted molar refractivity (Wildman–Crippen MR) is 243 cm³/mol. The molecule has 0 radical (unpaired) electrons. The minimum atomic E-state index is -3.28. The van der Waals surface area contributed by atoms with Gasteiger partial charge in [0.1, 0.15) is 23.9 Å². The van der Waals surface area contributed by atoms with Crippen LogP contribution in [0.15, 0.2) is 60.8 Å². The Kier molecular flexibility index (Phi) is 11.1. The number of amides is 2. The van der Waals surface area contributed by atoms with E-state index in [0.29, 0.717) is 46.2 Å². The van der Waals surface area contributed by atoms with Crippen LogP contribution in [0.5, 0.6) is 0 Å². The van der Waals surface area contributed by atoms with Gasteiger partial charge in [-0.3, -0.25) is 14.5 Å². The number of nitrogens with zero attached hydrogens (tertiary/aromatic N) is 4. The highest BCUT2D eigenvalue weighted by molar-refractivity contribution is 5.88. The summed E-state index contributed by atoms with van der Waals surface area (Å²) in [4.78, 5) is 58.8. The molecule has 7 atom stereocenters. The Hall–Kier alpha value is -5.71. The molecule has 2 aliphatic heterocycles. The molecule has 5 N–H and O–H groups in total. The van der Waals surface area contributed by atoms with Gasteiger partial charge in [0, 0.05) is 35.3 Å². The summed E-state index contributed by atoms with van der Waals surface area (Å²) >= 11 is 0. The number of aromatic nitrogens is 4. The number of carbonyl (C=O) groups excluding carboxylic acids is 3. The molecule has 5 aliphatic rings. The SMILES string of the molecule is COC(=O)CNC(C(C)C)C(O)N1C2CCC(C2)C1c1nc2ccc(-c3ccc4c(c3)C(F)(F)c3cc(-c5cnc(C6CC7(CC7)CN6C(=O)[C@@H](NC(=O)OC)C(C)C)[nH]5)ccc3-4)cc2[nH]1. The number of carbonyl (C=O) groups is 3. The summed E-state index contributed by atoms with van der Waals surface area (Å²) in [5, 5.41) is 17.8. The van der Waals surface area contributed by atoms with E-state index in [0.717, 1.165) is 60.9 Å². The molecule has 3 aromatic carbocycles. The van der Waals surface area contributed by atoms with E-state index in [-0.39, 0.29) is 65.0 Å². The number of alkyl halides is 2. The largest absolute Gasteiger partial charge is 0.468 e. The second-order valence-electron chi connectivity index (χ2n) is 19.9. The molecular formula is C50H58F2N8O6. The number of aliphatic hydroxyl groups is 1. The van der Waals surface area contributed by atoms with E-state index in [2.05, 4.69) is 25.5 Å². The molecule has 2 amide bonds. The fourth-order valence-corrected chi connectivity index (χ4v) is 11.4. The molecular weight excluding hydrogens is 847 g/mol. The van der Waals surface area contributed by atoms with Crippen molar-refractivity contribution in [1.29, 1.82) is 0 Å². The first-order valence-electron chi connectivity index (χ1n) is 23.2. The van der Waals surface area contributed by atoms with Crippen molar-refractivity contribution in [3.05, 3.63) is 83.6 Å². The van der Waals surface area contributed by atoms with Crippen LogP contribution >= 0.6 is 0 Å². The highest BCUT2D eigenvalue weighted by Crippen LogP contribution is 2.59. The van der Waals surface area contributed by atoms with Gasteiger partial charge in [0.2, 0.25) is 5.91 Å². The molecule has 14 nitrogen and oxygen atoms in total. The number of likely N-dealkylation sites (tertiary alicyclic amines) is 2. The molecule has 66 heavy (non-hydrogen) atoms. The van der Waals surface area contributed by atoms with Crippen LogP contribution in [0.3, 0.4) is 0 Å². The summed E-state index contributed by atoms with van der Waals surface area (Å²) in [5.41, 5.74) is 4.88. The smallest absolute Gasteiger partial charge is 0.407 e. The fraction of sp³-hybridized carbons (Fsp3) is 0.500. The zero-order valence-electron chi connectivity index (χ0n) is 38.2. The highest BCUT2D eigenvalue weighted by atomic mass is 19.3. The Balaban J connectivity index is 0.888. The number of halogens is 2. The summed E-state index contributed by atoms with van der Waals surface area (Å²) in [6.07, 6.45) is 5.80. The Bertz CT molecular complexity index is 2710. The number of aliphatic hydroxyl groups excluding tert-OH is 1. The molecule has 348 valence electrons. The van der Waals surface area contributed by atoms with Crippen molar-refractivity contribution in [2.45, 2.75) is 109 Å². The number of methoxy groups -OCH3 is 2. The van der Waals surface area contributed by atoms with E-state index < -0.39 is 30.3 Å². The highest BCUT2D eigenvalue weighted by Gasteiger charge is 2.56. The number of fused-ring (bicyclic) bond motifs is 6. The van der Waals surface area contributed by atoms with Gasteiger partial charge in [-0.2, -0.15) is 8.78 Å². The van der Waals surface area contributed by atoms with Crippen molar-refractivity contribution in [3.8, 4) is 33.5 Å². The number of rotatable bonds is 13. The lowest BCUT2D eigenvalue weighted by Gasteiger charge is -2.42. The quantitative estimate of drug-likeness (QED) is 0.0733. The van der Waals surface area contributed by atoms with E-state index in [9.17, 15) is 19.5 Å². The normalized spacial score (nSPS) is 23.7. The van der Waals surface area contributed by atoms with Crippen molar-refractivity contribution < 1.29 is 37.7 Å². The Morgan fingerprint density at radius 3 is 2.27 bits per heavy atom. The van der Waals surface area contributed by atoms with Crippen LogP contribution in [0.4, 0.5) is 13.6 Å². The monoisotopic (exact) mass is 904 g/mol. The predicted octanol–water partition coefficient (Wildman–Crippen LogP) is 7.81. The molecule has 2 saturated carbocycles. The number of imidazole rings is 2. The van der Waals surface area contributed by atoms with Gasteiger partial charge in [-0.25, -0.2) is 14.8 Å². The van der Waals surface area contributed by atoms with Crippen molar-refractivity contribution in [1.82, 2.24) is 40.4 Å². The summed E-state index contributed by atoms with van der Waals surface area (Å²) in [5.74, 6) is -2.37. The van der Waals surface area contributed by atoms with Crippen LogP contribution in [-0.4, -0.2) is 104 Å². The van der Waals surface area contributed by atoms with Gasteiger partial charge in [0.25, 0.3) is 5.92 Å². The number of H-pyrrole nitrogens is 2. The lowest BCUT2D eigenvalue weighted by Crippen LogP contribution is -2.56. The zero-order chi connectivity index (χ0) is 46.4. The molecule has 16 heteroatoms. The number of nitrogens with one attached hydrogen (secondary N) is 4. The van der Waals surface area contributed by atoms with Gasteiger partial charge in [0.05, 0.1) is 55.8 Å². The van der Waals surface area contributed by atoms with Crippen molar-refractivity contribution in [3.63, 3.8) is 0 Å². The van der Waals surface area contributed by atoms with Crippen LogP contribution in [0.1, 0.15) is 101 Å².